The molecule has 2 aromatic carbocycles. The molecular formula is C27H28N2O3. The van der Waals surface area contributed by atoms with Gasteiger partial charge in [-0.15, -0.1) is 6.58 Å². The van der Waals surface area contributed by atoms with Crippen LogP contribution in [0.2, 0.25) is 0 Å². The summed E-state index contributed by atoms with van der Waals surface area (Å²) in [5.74, 6) is 1.53. The van der Waals surface area contributed by atoms with E-state index in [1.54, 1.807) is 25.4 Å². The van der Waals surface area contributed by atoms with E-state index in [0.29, 0.717) is 17.4 Å². The van der Waals surface area contributed by atoms with Gasteiger partial charge in [0.25, 0.3) is 0 Å². The van der Waals surface area contributed by atoms with Gasteiger partial charge in [-0.05, 0) is 67.6 Å². The third-order valence-electron chi connectivity index (χ3n) is 7.04. The predicted molar refractivity (Wildman–Crippen MR) is 125 cm³/mol. The summed E-state index contributed by atoms with van der Waals surface area (Å²) < 4.78 is 11.8. The van der Waals surface area contributed by atoms with Crippen LogP contribution in [-0.2, 0) is 4.74 Å². The number of aromatic nitrogens is 1. The van der Waals surface area contributed by atoms with Crippen molar-refractivity contribution in [1.82, 2.24) is 9.88 Å². The van der Waals surface area contributed by atoms with Crippen LogP contribution < -0.4 is 4.74 Å². The van der Waals surface area contributed by atoms with Crippen LogP contribution in [0.4, 0.5) is 0 Å². The molecule has 3 saturated heterocycles. The van der Waals surface area contributed by atoms with E-state index in [4.69, 9.17) is 9.47 Å². The lowest BCUT2D eigenvalue weighted by atomic mass is 9.73. The van der Waals surface area contributed by atoms with Gasteiger partial charge < -0.3 is 9.47 Å². The van der Waals surface area contributed by atoms with Crippen LogP contribution in [0.15, 0.2) is 73.4 Å². The minimum absolute atomic E-state index is 0.120. The SMILES string of the molecule is C=C[C@H]1CN2CC[C@@H]1C[C@H]2[C@@H](OC(=O)c1ccccc1)c1ccnc2ccc(OC)cc12. The largest absolute Gasteiger partial charge is 0.497 e. The van der Waals surface area contributed by atoms with Gasteiger partial charge in [0.1, 0.15) is 11.9 Å². The average molecular weight is 429 g/mol. The van der Waals surface area contributed by atoms with Crippen molar-refractivity contribution < 1.29 is 14.3 Å². The number of rotatable bonds is 6. The molecule has 0 radical (unpaired) electrons. The first-order valence-corrected chi connectivity index (χ1v) is 11.2. The average Bonchev–Trinajstić information content (AvgIpc) is 2.87. The summed E-state index contributed by atoms with van der Waals surface area (Å²) in [4.78, 5) is 20.2. The van der Waals surface area contributed by atoms with E-state index in [1.807, 2.05) is 42.5 Å². The molecule has 0 N–H and O–H groups in total. The Hall–Kier alpha value is -3.18. The van der Waals surface area contributed by atoms with Gasteiger partial charge in [0, 0.05) is 23.7 Å². The second kappa shape index (κ2) is 8.75. The quantitative estimate of drug-likeness (QED) is 0.407. The van der Waals surface area contributed by atoms with E-state index in [-0.39, 0.29) is 12.0 Å². The molecule has 6 rings (SSSR count). The number of methoxy groups -OCH3 is 1. The first-order valence-electron chi connectivity index (χ1n) is 11.2. The Labute approximate surface area is 188 Å². The van der Waals surface area contributed by atoms with Crippen molar-refractivity contribution in [3.63, 3.8) is 0 Å². The summed E-state index contributed by atoms with van der Waals surface area (Å²) in [6, 6.07) is 17.2. The van der Waals surface area contributed by atoms with Crippen LogP contribution >= 0.6 is 0 Å². The van der Waals surface area contributed by atoms with Gasteiger partial charge in [-0.25, -0.2) is 4.79 Å². The van der Waals surface area contributed by atoms with Crippen LogP contribution in [0, 0.1) is 11.8 Å². The van der Waals surface area contributed by atoms with Gasteiger partial charge >= 0.3 is 5.97 Å². The van der Waals surface area contributed by atoms with Gasteiger partial charge in [-0.1, -0.05) is 24.3 Å². The summed E-state index contributed by atoms with van der Waals surface area (Å²) in [6.45, 7) is 6.03. The lowest BCUT2D eigenvalue weighted by Crippen LogP contribution is -2.55. The maximum Gasteiger partial charge on any atom is 0.338 e. The van der Waals surface area contributed by atoms with Crippen molar-refractivity contribution in [2.24, 2.45) is 11.8 Å². The fraction of sp³-hybridized carbons (Fsp3) is 0.333. The Morgan fingerprint density at radius 2 is 2.06 bits per heavy atom. The van der Waals surface area contributed by atoms with Gasteiger partial charge in [-0.2, -0.15) is 0 Å². The second-order valence-electron chi connectivity index (χ2n) is 8.72. The molecule has 3 aliphatic heterocycles. The van der Waals surface area contributed by atoms with Crippen molar-refractivity contribution >= 4 is 16.9 Å². The fourth-order valence-electron chi connectivity index (χ4n) is 5.32. The van der Waals surface area contributed by atoms with E-state index >= 15 is 0 Å². The molecule has 32 heavy (non-hydrogen) atoms. The highest BCUT2D eigenvalue weighted by Gasteiger charge is 2.44. The van der Waals surface area contributed by atoms with Gasteiger partial charge in [0.2, 0.25) is 0 Å². The Morgan fingerprint density at radius 3 is 2.78 bits per heavy atom. The number of fused-ring (bicyclic) bond motifs is 4. The van der Waals surface area contributed by atoms with Crippen molar-refractivity contribution in [2.75, 3.05) is 20.2 Å². The van der Waals surface area contributed by atoms with Crippen LogP contribution in [0.3, 0.4) is 0 Å². The van der Waals surface area contributed by atoms with Crippen LogP contribution in [0.5, 0.6) is 5.75 Å². The molecule has 0 amide bonds. The number of pyridine rings is 1. The lowest BCUT2D eigenvalue weighted by Gasteiger charge is -2.51. The third-order valence-corrected chi connectivity index (χ3v) is 7.04. The zero-order chi connectivity index (χ0) is 22.1. The fourth-order valence-corrected chi connectivity index (χ4v) is 5.32. The Bertz CT molecular complexity index is 1130. The number of hydrogen-bond acceptors (Lipinski definition) is 5. The van der Waals surface area contributed by atoms with Gasteiger partial charge in [0.15, 0.2) is 0 Å². The maximum atomic E-state index is 13.2. The van der Waals surface area contributed by atoms with E-state index < -0.39 is 6.10 Å². The molecule has 5 nitrogen and oxygen atoms in total. The Kier molecular flexibility index (Phi) is 5.66. The number of esters is 1. The number of piperidine rings is 3. The zero-order valence-corrected chi connectivity index (χ0v) is 18.3. The highest BCUT2D eigenvalue weighted by atomic mass is 16.5. The Balaban J connectivity index is 1.57. The van der Waals surface area contributed by atoms with Crippen LogP contribution in [0.1, 0.15) is 34.9 Å². The molecule has 3 aromatic rings. The number of carbonyl (C=O) groups excluding carboxylic acids is 1. The van der Waals surface area contributed by atoms with Crippen LogP contribution in [0.25, 0.3) is 10.9 Å². The molecule has 1 aromatic heterocycles. The molecule has 4 heterocycles. The summed E-state index contributed by atoms with van der Waals surface area (Å²) in [7, 11) is 1.66. The smallest absolute Gasteiger partial charge is 0.338 e. The summed E-state index contributed by atoms with van der Waals surface area (Å²) in [6.07, 6.45) is 5.64. The van der Waals surface area contributed by atoms with Gasteiger partial charge in [0.05, 0.1) is 24.2 Å². The highest BCUT2D eigenvalue weighted by molar-refractivity contribution is 5.90. The topological polar surface area (TPSA) is 51.7 Å². The summed E-state index contributed by atoms with van der Waals surface area (Å²) in [5.41, 5.74) is 2.41. The second-order valence-corrected chi connectivity index (χ2v) is 8.72. The predicted octanol–water partition coefficient (Wildman–Crippen LogP) is 5.04. The first-order chi connectivity index (χ1) is 15.7. The third kappa shape index (κ3) is 3.78. The number of benzene rings is 2. The molecule has 5 heteroatoms. The van der Waals surface area contributed by atoms with Crippen molar-refractivity contribution in [3.8, 4) is 5.75 Å². The molecule has 3 fully saturated rings. The van der Waals surface area contributed by atoms with Gasteiger partial charge in [-0.3, -0.25) is 9.88 Å². The molecule has 1 unspecified atom stereocenters. The van der Waals surface area contributed by atoms with E-state index in [0.717, 1.165) is 48.1 Å². The number of carbonyl (C=O) groups is 1. The number of ether oxygens (including phenoxy) is 2. The van der Waals surface area contributed by atoms with Crippen LogP contribution in [-0.4, -0.2) is 42.1 Å². The van der Waals surface area contributed by atoms with E-state index in [1.165, 1.54) is 0 Å². The first kappa shape index (κ1) is 20.7. The minimum atomic E-state index is -0.395. The molecule has 2 bridgehead atoms. The monoisotopic (exact) mass is 428 g/mol. The van der Waals surface area contributed by atoms with E-state index in [2.05, 4.69) is 22.5 Å². The molecular weight excluding hydrogens is 400 g/mol. The molecule has 5 atom stereocenters. The molecule has 3 aliphatic rings. The Morgan fingerprint density at radius 1 is 1.22 bits per heavy atom. The molecule has 0 aliphatic carbocycles. The molecule has 164 valence electrons. The summed E-state index contributed by atoms with van der Waals surface area (Å²) in [5, 5.41) is 0.959. The van der Waals surface area contributed by atoms with Crippen molar-refractivity contribution in [3.05, 3.63) is 84.6 Å². The van der Waals surface area contributed by atoms with Crippen molar-refractivity contribution in [1.29, 1.82) is 0 Å². The normalized spacial score (nSPS) is 25.3. The standard InChI is InChI=1S/C27H28N2O3/c1-3-18-17-29-14-12-20(18)15-25(29)26(32-27(30)19-7-5-4-6-8-19)22-11-13-28-24-10-9-21(31-2)16-23(22)24/h3-11,13,16,18,20,25-26H,1,12,14-15,17H2,2H3/t18-,20+,25-,26-/m0/s1. The number of nitrogens with zero attached hydrogens (tertiary/aromatic N) is 2. The molecule has 0 saturated carbocycles. The highest BCUT2D eigenvalue weighted by Crippen LogP contribution is 2.43. The minimum Gasteiger partial charge on any atom is -0.497 e. The van der Waals surface area contributed by atoms with Crippen molar-refractivity contribution in [2.45, 2.75) is 25.0 Å². The number of hydrogen-bond donors (Lipinski definition) is 0. The van der Waals surface area contributed by atoms with E-state index in [9.17, 15) is 4.79 Å². The lowest BCUT2D eigenvalue weighted by molar-refractivity contribution is -0.0568. The maximum absolute atomic E-state index is 13.2. The molecule has 0 spiro atoms. The zero-order valence-electron chi connectivity index (χ0n) is 18.3. The summed E-state index contributed by atoms with van der Waals surface area (Å²) >= 11 is 0.